The molecule has 1 aromatic heterocycles. The Bertz CT molecular complexity index is 344. The Hall–Kier alpha value is -0.840. The lowest BCUT2D eigenvalue weighted by molar-refractivity contribution is 0.597. The van der Waals surface area contributed by atoms with Crippen molar-refractivity contribution in [2.75, 3.05) is 17.7 Å². The molecule has 1 unspecified atom stereocenters. The van der Waals surface area contributed by atoms with Gasteiger partial charge in [0.1, 0.15) is 10.4 Å². The second-order valence-corrected chi connectivity index (χ2v) is 4.92. The summed E-state index contributed by atoms with van der Waals surface area (Å²) in [6.45, 7) is 2.21. The number of nitrogens with zero attached hydrogens (tertiary/aromatic N) is 3. The van der Waals surface area contributed by atoms with E-state index in [0.717, 1.165) is 10.5 Å². The molecule has 4 nitrogen and oxygen atoms in total. The number of aromatic nitrogens is 2. The highest BCUT2D eigenvalue weighted by Crippen LogP contribution is 2.35. The molecule has 0 aliphatic heterocycles. The maximum Gasteiger partial charge on any atom is 0.228 e. The third kappa shape index (κ3) is 2.40. The highest BCUT2D eigenvalue weighted by Gasteiger charge is 2.31. The first-order valence-electron chi connectivity index (χ1n) is 5.11. The lowest BCUT2D eigenvalue weighted by atomic mass is 10.2. The number of anilines is 2. The Kier molecular flexibility index (Phi) is 2.82. The topological polar surface area (TPSA) is 55.0 Å². The molecule has 0 bridgehead atoms. The van der Waals surface area contributed by atoms with E-state index in [4.69, 9.17) is 5.73 Å². The zero-order valence-corrected chi connectivity index (χ0v) is 10.5. The summed E-state index contributed by atoms with van der Waals surface area (Å²) in [5.74, 6) is 1.99. The average molecular weight is 271 g/mol. The van der Waals surface area contributed by atoms with Crippen LogP contribution in [0.25, 0.3) is 0 Å². The van der Waals surface area contributed by atoms with Gasteiger partial charge in [0, 0.05) is 19.2 Å². The first-order chi connectivity index (χ1) is 7.08. The molecule has 0 radical (unpaired) electrons. The van der Waals surface area contributed by atoms with Gasteiger partial charge in [0.25, 0.3) is 0 Å². The van der Waals surface area contributed by atoms with E-state index < -0.39 is 0 Å². The van der Waals surface area contributed by atoms with E-state index in [9.17, 15) is 0 Å². The number of rotatable bonds is 3. The fourth-order valence-electron chi connectivity index (χ4n) is 1.66. The van der Waals surface area contributed by atoms with Crippen LogP contribution in [0.15, 0.2) is 10.7 Å². The molecular weight excluding hydrogens is 256 g/mol. The van der Waals surface area contributed by atoms with Crippen molar-refractivity contribution in [1.29, 1.82) is 0 Å². The monoisotopic (exact) mass is 270 g/mol. The van der Waals surface area contributed by atoms with Gasteiger partial charge in [0.2, 0.25) is 5.95 Å². The van der Waals surface area contributed by atoms with E-state index >= 15 is 0 Å². The summed E-state index contributed by atoms with van der Waals surface area (Å²) >= 11 is 3.33. The summed E-state index contributed by atoms with van der Waals surface area (Å²) in [5.41, 5.74) is 5.68. The number of halogens is 1. The van der Waals surface area contributed by atoms with Crippen molar-refractivity contribution in [2.24, 2.45) is 5.92 Å². The van der Waals surface area contributed by atoms with E-state index in [1.54, 1.807) is 6.07 Å². The minimum absolute atomic E-state index is 0.485. The van der Waals surface area contributed by atoms with Crippen molar-refractivity contribution in [1.82, 2.24) is 9.97 Å². The van der Waals surface area contributed by atoms with Crippen LogP contribution in [0, 0.1) is 5.92 Å². The second-order valence-electron chi connectivity index (χ2n) is 4.10. The summed E-state index contributed by atoms with van der Waals surface area (Å²) in [5, 5.41) is 0. The van der Waals surface area contributed by atoms with Crippen LogP contribution < -0.4 is 10.6 Å². The molecule has 1 saturated carbocycles. The van der Waals surface area contributed by atoms with Crippen molar-refractivity contribution in [3.63, 3.8) is 0 Å². The molecule has 15 heavy (non-hydrogen) atoms. The van der Waals surface area contributed by atoms with Crippen LogP contribution in [0.1, 0.15) is 19.8 Å². The third-order valence-electron chi connectivity index (χ3n) is 2.93. The number of hydrogen-bond donors (Lipinski definition) is 1. The van der Waals surface area contributed by atoms with Crippen LogP contribution in [-0.2, 0) is 0 Å². The molecule has 0 saturated heterocycles. The SMILES string of the molecule is CC(C1CC1)N(C)c1nc(N)cc(Br)n1. The largest absolute Gasteiger partial charge is 0.383 e. The molecule has 1 heterocycles. The molecule has 0 spiro atoms. The van der Waals surface area contributed by atoms with Gasteiger partial charge in [-0.15, -0.1) is 0 Å². The molecule has 1 aromatic rings. The summed E-state index contributed by atoms with van der Waals surface area (Å²) in [7, 11) is 2.02. The normalized spacial score (nSPS) is 17.5. The zero-order chi connectivity index (χ0) is 11.0. The fourth-order valence-corrected chi connectivity index (χ4v) is 2.05. The van der Waals surface area contributed by atoms with Gasteiger partial charge in [-0.2, -0.15) is 4.98 Å². The minimum Gasteiger partial charge on any atom is -0.383 e. The molecule has 1 aliphatic carbocycles. The van der Waals surface area contributed by atoms with Crippen LogP contribution in [0.2, 0.25) is 0 Å². The molecule has 1 aliphatic rings. The molecule has 0 aromatic carbocycles. The van der Waals surface area contributed by atoms with Crippen molar-refractivity contribution >= 4 is 27.7 Å². The molecule has 2 N–H and O–H groups in total. The van der Waals surface area contributed by atoms with Crippen molar-refractivity contribution in [2.45, 2.75) is 25.8 Å². The van der Waals surface area contributed by atoms with Crippen LogP contribution >= 0.6 is 15.9 Å². The van der Waals surface area contributed by atoms with Gasteiger partial charge < -0.3 is 10.6 Å². The zero-order valence-electron chi connectivity index (χ0n) is 8.94. The molecule has 82 valence electrons. The Labute approximate surface area is 98.0 Å². The average Bonchev–Trinajstić information content (AvgIpc) is 2.97. The number of nitrogens with two attached hydrogens (primary N) is 1. The van der Waals surface area contributed by atoms with Crippen molar-refractivity contribution in [3.05, 3.63) is 10.7 Å². The highest BCUT2D eigenvalue weighted by molar-refractivity contribution is 9.10. The van der Waals surface area contributed by atoms with E-state index in [0.29, 0.717) is 17.8 Å². The predicted octanol–water partition coefficient (Wildman–Crippen LogP) is 2.06. The van der Waals surface area contributed by atoms with Crippen molar-refractivity contribution in [3.8, 4) is 0 Å². The first-order valence-corrected chi connectivity index (χ1v) is 5.90. The minimum atomic E-state index is 0.485. The summed E-state index contributed by atoms with van der Waals surface area (Å²) < 4.78 is 0.736. The summed E-state index contributed by atoms with van der Waals surface area (Å²) in [6, 6.07) is 2.19. The van der Waals surface area contributed by atoms with E-state index in [1.165, 1.54) is 12.8 Å². The molecular formula is C10H15BrN4. The standard InChI is InChI=1S/C10H15BrN4/c1-6(7-3-4-7)15(2)10-13-8(11)5-9(12)14-10/h5-7H,3-4H2,1-2H3,(H2,12,13,14). The van der Waals surface area contributed by atoms with Gasteiger partial charge in [-0.05, 0) is 41.6 Å². The number of nitrogen functional groups attached to an aromatic ring is 1. The predicted molar refractivity (Wildman–Crippen MR) is 64.7 cm³/mol. The maximum atomic E-state index is 5.68. The van der Waals surface area contributed by atoms with Gasteiger partial charge in [0.15, 0.2) is 0 Å². The maximum absolute atomic E-state index is 5.68. The molecule has 1 atom stereocenters. The fraction of sp³-hybridized carbons (Fsp3) is 0.600. The molecule has 5 heteroatoms. The van der Waals surface area contributed by atoms with Crippen molar-refractivity contribution < 1.29 is 0 Å². The first kappa shape index (κ1) is 10.7. The Morgan fingerprint density at radius 2 is 2.20 bits per heavy atom. The number of hydrogen-bond acceptors (Lipinski definition) is 4. The molecule has 2 rings (SSSR count). The third-order valence-corrected chi connectivity index (χ3v) is 3.34. The van der Waals surface area contributed by atoms with E-state index in [-0.39, 0.29) is 0 Å². The smallest absolute Gasteiger partial charge is 0.228 e. The second kappa shape index (κ2) is 3.96. The van der Waals surface area contributed by atoms with Gasteiger partial charge in [-0.25, -0.2) is 4.98 Å². The Morgan fingerprint density at radius 3 is 2.73 bits per heavy atom. The van der Waals surface area contributed by atoms with E-state index in [1.807, 2.05) is 7.05 Å². The lowest BCUT2D eigenvalue weighted by Crippen LogP contribution is -2.32. The van der Waals surface area contributed by atoms with Gasteiger partial charge in [-0.3, -0.25) is 0 Å². The highest BCUT2D eigenvalue weighted by atomic mass is 79.9. The molecule has 1 fully saturated rings. The van der Waals surface area contributed by atoms with Crippen LogP contribution in [0.4, 0.5) is 11.8 Å². The summed E-state index contributed by atoms with van der Waals surface area (Å²) in [6.07, 6.45) is 2.63. The molecule has 0 amide bonds. The van der Waals surface area contributed by atoms with E-state index in [2.05, 4.69) is 37.7 Å². The van der Waals surface area contributed by atoms with Crippen LogP contribution in [-0.4, -0.2) is 23.1 Å². The van der Waals surface area contributed by atoms with Gasteiger partial charge in [-0.1, -0.05) is 0 Å². The Morgan fingerprint density at radius 1 is 1.53 bits per heavy atom. The van der Waals surface area contributed by atoms with Crippen LogP contribution in [0.5, 0.6) is 0 Å². The Balaban J connectivity index is 2.19. The van der Waals surface area contributed by atoms with Gasteiger partial charge >= 0.3 is 0 Å². The van der Waals surface area contributed by atoms with Gasteiger partial charge in [0.05, 0.1) is 0 Å². The quantitative estimate of drug-likeness (QED) is 0.855. The summed E-state index contributed by atoms with van der Waals surface area (Å²) in [4.78, 5) is 10.6. The lowest BCUT2D eigenvalue weighted by Gasteiger charge is -2.24. The van der Waals surface area contributed by atoms with Crippen LogP contribution in [0.3, 0.4) is 0 Å².